The van der Waals surface area contributed by atoms with E-state index in [9.17, 15) is 0 Å². The summed E-state index contributed by atoms with van der Waals surface area (Å²) < 4.78 is 6.84. The minimum Gasteiger partial charge on any atom is -0.494 e. The van der Waals surface area contributed by atoms with Gasteiger partial charge in [0.15, 0.2) is 0 Å². The van der Waals surface area contributed by atoms with E-state index in [1.165, 1.54) is 16.0 Å². The van der Waals surface area contributed by atoms with Crippen LogP contribution >= 0.6 is 27.3 Å². The summed E-state index contributed by atoms with van der Waals surface area (Å²) in [6.45, 7) is 5.10. The third-order valence-corrected chi connectivity index (χ3v) is 6.67. The molecule has 0 bridgehead atoms. The van der Waals surface area contributed by atoms with Crippen LogP contribution in [0.2, 0.25) is 0 Å². The Morgan fingerprint density at radius 1 is 1.00 bits per heavy atom. The molecule has 4 rings (SSSR count). The molecule has 4 nitrogen and oxygen atoms in total. The number of hydrogen-bond donors (Lipinski definition) is 1. The standard InChI is InChI=1S/C24H24BrN3OS/c1-3-5-14-29-19-12-10-18(11-13-19)28-23-22-21(16-6-8-17(25)9-7-16)20(4-2)30-24(22)27-15-26-23/h6-13,15H,3-5,14H2,1-2H3,(H,26,27,28). The molecule has 2 heterocycles. The normalized spacial score (nSPS) is 11.0. The molecule has 0 unspecified atom stereocenters. The Kier molecular flexibility index (Phi) is 6.65. The average molecular weight is 482 g/mol. The van der Waals surface area contributed by atoms with Crippen molar-refractivity contribution in [3.8, 4) is 16.9 Å². The topological polar surface area (TPSA) is 47.0 Å². The summed E-state index contributed by atoms with van der Waals surface area (Å²) in [5.74, 6) is 1.72. The fourth-order valence-corrected chi connectivity index (χ4v) is 4.72. The number of fused-ring (bicyclic) bond motifs is 1. The Hall–Kier alpha value is -2.44. The van der Waals surface area contributed by atoms with Crippen molar-refractivity contribution in [3.05, 3.63) is 64.2 Å². The van der Waals surface area contributed by atoms with Crippen LogP contribution in [0.25, 0.3) is 21.3 Å². The van der Waals surface area contributed by atoms with Crippen molar-refractivity contribution in [1.29, 1.82) is 0 Å². The van der Waals surface area contributed by atoms with Gasteiger partial charge in [0.1, 0.15) is 22.7 Å². The maximum absolute atomic E-state index is 5.77. The number of nitrogens with one attached hydrogen (secondary N) is 1. The number of ether oxygens (including phenoxy) is 1. The summed E-state index contributed by atoms with van der Waals surface area (Å²) in [4.78, 5) is 11.4. The second-order valence-electron chi connectivity index (χ2n) is 7.01. The lowest BCUT2D eigenvalue weighted by atomic mass is 10.0. The summed E-state index contributed by atoms with van der Waals surface area (Å²) in [6, 6.07) is 16.5. The van der Waals surface area contributed by atoms with Gasteiger partial charge >= 0.3 is 0 Å². The number of benzene rings is 2. The van der Waals surface area contributed by atoms with Gasteiger partial charge in [-0.05, 0) is 54.8 Å². The Balaban J connectivity index is 1.69. The number of halogens is 1. The fraction of sp³-hybridized carbons (Fsp3) is 0.250. The van der Waals surface area contributed by atoms with E-state index in [1.54, 1.807) is 17.7 Å². The molecular formula is C24H24BrN3OS. The highest BCUT2D eigenvalue weighted by Gasteiger charge is 2.18. The maximum atomic E-state index is 5.77. The summed E-state index contributed by atoms with van der Waals surface area (Å²) in [5.41, 5.74) is 3.37. The Morgan fingerprint density at radius 2 is 1.77 bits per heavy atom. The summed E-state index contributed by atoms with van der Waals surface area (Å²) in [5, 5.41) is 4.57. The van der Waals surface area contributed by atoms with Crippen LogP contribution < -0.4 is 10.1 Å². The molecule has 0 saturated carbocycles. The van der Waals surface area contributed by atoms with E-state index >= 15 is 0 Å². The van der Waals surface area contributed by atoms with Crippen LogP contribution in [0.5, 0.6) is 5.75 Å². The van der Waals surface area contributed by atoms with E-state index in [1.807, 2.05) is 24.3 Å². The molecule has 4 aromatic rings. The number of aryl methyl sites for hydroxylation is 1. The fourth-order valence-electron chi connectivity index (χ4n) is 3.35. The minimum atomic E-state index is 0.751. The van der Waals surface area contributed by atoms with Crippen molar-refractivity contribution >= 4 is 49.0 Å². The van der Waals surface area contributed by atoms with Crippen LogP contribution in [0.15, 0.2) is 59.3 Å². The number of aromatic nitrogens is 2. The summed E-state index contributed by atoms with van der Waals surface area (Å²) in [7, 11) is 0. The molecule has 154 valence electrons. The highest BCUT2D eigenvalue weighted by molar-refractivity contribution is 9.10. The van der Waals surface area contributed by atoms with Gasteiger partial charge in [-0.25, -0.2) is 9.97 Å². The first-order valence-corrected chi connectivity index (χ1v) is 11.8. The largest absolute Gasteiger partial charge is 0.494 e. The monoisotopic (exact) mass is 481 g/mol. The average Bonchev–Trinajstić information content (AvgIpc) is 3.15. The quantitative estimate of drug-likeness (QED) is 0.263. The maximum Gasteiger partial charge on any atom is 0.143 e. The lowest BCUT2D eigenvalue weighted by Crippen LogP contribution is -1.98. The molecule has 0 atom stereocenters. The molecule has 0 aliphatic rings. The SMILES string of the molecule is CCCCOc1ccc(Nc2ncnc3sc(CC)c(-c4ccc(Br)cc4)c23)cc1. The molecule has 0 amide bonds. The molecule has 1 N–H and O–H groups in total. The molecule has 2 aromatic carbocycles. The minimum absolute atomic E-state index is 0.751. The van der Waals surface area contributed by atoms with Crippen LogP contribution in [-0.2, 0) is 6.42 Å². The van der Waals surface area contributed by atoms with Crippen LogP contribution in [0, 0.1) is 0 Å². The van der Waals surface area contributed by atoms with Crippen LogP contribution in [-0.4, -0.2) is 16.6 Å². The van der Waals surface area contributed by atoms with Crippen LogP contribution in [0.3, 0.4) is 0 Å². The van der Waals surface area contributed by atoms with E-state index in [0.29, 0.717) is 0 Å². The predicted octanol–water partition coefficient (Wildman–Crippen LogP) is 7.61. The number of hydrogen-bond acceptors (Lipinski definition) is 5. The van der Waals surface area contributed by atoms with E-state index in [-0.39, 0.29) is 0 Å². The number of thiophene rings is 1. The number of nitrogens with zero attached hydrogens (tertiary/aromatic N) is 2. The van der Waals surface area contributed by atoms with Crippen molar-refractivity contribution in [3.63, 3.8) is 0 Å². The highest BCUT2D eigenvalue weighted by atomic mass is 79.9. The lowest BCUT2D eigenvalue weighted by Gasteiger charge is -2.11. The van der Waals surface area contributed by atoms with E-state index < -0.39 is 0 Å². The van der Waals surface area contributed by atoms with Crippen molar-refractivity contribution in [2.45, 2.75) is 33.1 Å². The predicted molar refractivity (Wildman–Crippen MR) is 130 cm³/mol. The second kappa shape index (κ2) is 9.58. The zero-order valence-corrected chi connectivity index (χ0v) is 19.5. The lowest BCUT2D eigenvalue weighted by molar-refractivity contribution is 0.309. The zero-order chi connectivity index (χ0) is 20.9. The van der Waals surface area contributed by atoms with E-state index in [2.05, 4.69) is 69.3 Å². The smallest absolute Gasteiger partial charge is 0.143 e. The number of unbranched alkanes of at least 4 members (excludes halogenated alkanes) is 1. The van der Waals surface area contributed by atoms with Crippen molar-refractivity contribution < 1.29 is 4.74 Å². The van der Waals surface area contributed by atoms with Gasteiger partial charge < -0.3 is 10.1 Å². The molecule has 0 aliphatic heterocycles. The van der Waals surface area contributed by atoms with Crippen molar-refractivity contribution in [2.24, 2.45) is 0 Å². The first-order chi connectivity index (χ1) is 14.7. The van der Waals surface area contributed by atoms with E-state index in [4.69, 9.17) is 4.74 Å². The molecule has 0 aliphatic carbocycles. The first kappa shape index (κ1) is 20.8. The van der Waals surface area contributed by atoms with Gasteiger partial charge in [0.2, 0.25) is 0 Å². The van der Waals surface area contributed by atoms with Crippen LogP contribution in [0.1, 0.15) is 31.6 Å². The zero-order valence-electron chi connectivity index (χ0n) is 17.1. The van der Waals surface area contributed by atoms with Gasteiger partial charge in [0.25, 0.3) is 0 Å². The van der Waals surface area contributed by atoms with Crippen molar-refractivity contribution in [1.82, 2.24) is 9.97 Å². The van der Waals surface area contributed by atoms with Gasteiger partial charge in [-0.3, -0.25) is 0 Å². The second-order valence-corrected chi connectivity index (χ2v) is 9.01. The van der Waals surface area contributed by atoms with Gasteiger partial charge in [0, 0.05) is 20.6 Å². The molecule has 6 heteroatoms. The van der Waals surface area contributed by atoms with Gasteiger partial charge in [-0.2, -0.15) is 0 Å². The first-order valence-electron chi connectivity index (χ1n) is 10.2. The molecule has 30 heavy (non-hydrogen) atoms. The highest BCUT2D eigenvalue weighted by Crippen LogP contribution is 2.42. The van der Waals surface area contributed by atoms with Gasteiger partial charge in [-0.15, -0.1) is 11.3 Å². The molecule has 0 saturated heterocycles. The van der Waals surface area contributed by atoms with Crippen LogP contribution in [0.4, 0.5) is 11.5 Å². The third kappa shape index (κ3) is 4.50. The summed E-state index contributed by atoms with van der Waals surface area (Å²) >= 11 is 5.27. The molecule has 2 aromatic heterocycles. The van der Waals surface area contributed by atoms with Gasteiger partial charge in [-0.1, -0.05) is 48.3 Å². The molecule has 0 spiro atoms. The number of rotatable bonds is 8. The van der Waals surface area contributed by atoms with Gasteiger partial charge in [0.05, 0.1) is 12.0 Å². The number of anilines is 2. The third-order valence-electron chi connectivity index (χ3n) is 4.90. The Bertz CT molecular complexity index is 1120. The van der Waals surface area contributed by atoms with Crippen molar-refractivity contribution in [2.75, 3.05) is 11.9 Å². The summed E-state index contributed by atoms with van der Waals surface area (Å²) in [6.07, 6.45) is 4.78. The molecule has 0 fully saturated rings. The molecule has 0 radical (unpaired) electrons. The molecular weight excluding hydrogens is 458 g/mol. The Labute approximate surface area is 189 Å². The Morgan fingerprint density at radius 3 is 2.47 bits per heavy atom. The van der Waals surface area contributed by atoms with E-state index in [0.717, 1.165) is 57.8 Å².